The van der Waals surface area contributed by atoms with Gasteiger partial charge in [0.15, 0.2) is 12.6 Å². The second kappa shape index (κ2) is 18.3. The molecule has 0 aromatic rings. The van der Waals surface area contributed by atoms with E-state index in [9.17, 15) is 55.5 Å². The first-order valence-electron chi connectivity index (χ1n) is 15.9. The number of nitrogens with zero attached hydrogens (tertiary/aromatic N) is 3. The van der Waals surface area contributed by atoms with Crippen molar-refractivity contribution in [3.05, 3.63) is 10.4 Å². The minimum Gasteiger partial charge on any atom is -0.477 e. The van der Waals surface area contributed by atoms with Crippen molar-refractivity contribution in [2.75, 3.05) is 26.4 Å². The third kappa shape index (κ3) is 9.73. The molecule has 0 aliphatic carbocycles. The molecule has 10 N–H and O–H groups in total. The van der Waals surface area contributed by atoms with Crippen LogP contribution in [0.15, 0.2) is 5.11 Å². The van der Waals surface area contributed by atoms with E-state index < -0.39 is 129 Å². The van der Waals surface area contributed by atoms with Gasteiger partial charge in [-0.3, -0.25) is 4.79 Å². The molecule has 21 nitrogen and oxygen atoms in total. The second-order valence-corrected chi connectivity index (χ2v) is 12.3. The molecule has 0 aromatic heterocycles. The van der Waals surface area contributed by atoms with Gasteiger partial charge in [0.05, 0.1) is 37.6 Å². The van der Waals surface area contributed by atoms with Crippen LogP contribution in [-0.2, 0) is 38.0 Å². The van der Waals surface area contributed by atoms with Crippen molar-refractivity contribution in [2.24, 2.45) is 11.0 Å². The molecule has 3 aliphatic rings. The van der Waals surface area contributed by atoms with Gasteiger partial charge in [-0.1, -0.05) is 19.0 Å². The maximum atomic E-state index is 12.5. The van der Waals surface area contributed by atoms with Crippen LogP contribution in [0.2, 0.25) is 0 Å². The van der Waals surface area contributed by atoms with Gasteiger partial charge in [-0.2, -0.15) is 0 Å². The SMILES string of the molecule is CC[C@@H](O)[C@@H](O)C1O[C@@](OCC2O[C@@H](O[C@@H]3C(C)[C@@H](OCCCN=[N+]=[N-])OC(CO)[C@H]3O)C(O)[C@@H](O)[C@H]2O)(C(=O)O)C[C@@H](O)[C@H]1NC(C)=O. The molecule has 0 radical (unpaired) electrons. The Morgan fingerprint density at radius 3 is 2.33 bits per heavy atom. The summed E-state index contributed by atoms with van der Waals surface area (Å²) < 4.78 is 34.1. The molecule has 0 bridgehead atoms. The van der Waals surface area contributed by atoms with Crippen molar-refractivity contribution in [3.8, 4) is 0 Å². The molecule has 5 unspecified atom stereocenters. The summed E-state index contributed by atoms with van der Waals surface area (Å²) in [7, 11) is 0. The van der Waals surface area contributed by atoms with Crippen molar-refractivity contribution in [1.29, 1.82) is 0 Å². The van der Waals surface area contributed by atoms with Crippen LogP contribution < -0.4 is 5.32 Å². The van der Waals surface area contributed by atoms with Crippen molar-refractivity contribution in [2.45, 2.75) is 132 Å². The molecule has 3 heterocycles. The maximum absolute atomic E-state index is 12.5. The van der Waals surface area contributed by atoms with Crippen LogP contribution in [-0.4, -0.2) is 176 Å². The second-order valence-electron chi connectivity index (χ2n) is 12.3. The summed E-state index contributed by atoms with van der Waals surface area (Å²) in [6, 6.07) is -1.36. The highest BCUT2D eigenvalue weighted by Gasteiger charge is 2.57. The van der Waals surface area contributed by atoms with Crippen LogP contribution in [0, 0.1) is 5.92 Å². The van der Waals surface area contributed by atoms with E-state index in [1.807, 2.05) is 0 Å². The Balaban J connectivity index is 1.79. The van der Waals surface area contributed by atoms with Gasteiger partial charge in [-0.05, 0) is 18.4 Å². The van der Waals surface area contributed by atoms with Crippen molar-refractivity contribution >= 4 is 11.9 Å². The van der Waals surface area contributed by atoms with E-state index in [4.69, 9.17) is 34.0 Å². The number of hydrogen-bond acceptors (Lipinski definition) is 17. The Labute approximate surface area is 280 Å². The molecule has 1 amide bonds. The standard InChI is InChI=1S/C28H48N4O17/c1-4-13(35)18(37)24-17(31-12(3)34)14(36)8-28(49-24,27(42)43)45-10-16-19(38)21(40)22(41)26(47-16)48-23-11(2)25(44-7-5-6-30-32-29)46-15(9-33)20(23)39/h11,13-26,33,35-41H,4-10H2,1-3H3,(H,31,34)(H,42,43)/t11?,13-,14-,15?,16?,17-,18-,19+,20-,21+,22?,23-,24?,25+,26+,28-/m1/s1. The smallest absolute Gasteiger partial charge is 0.364 e. The molecule has 3 rings (SSSR count). The van der Waals surface area contributed by atoms with Gasteiger partial charge >= 0.3 is 5.97 Å². The summed E-state index contributed by atoms with van der Waals surface area (Å²) in [5, 5.41) is 101. The van der Waals surface area contributed by atoms with E-state index in [-0.39, 0.29) is 19.6 Å². The molecule has 0 aromatic carbocycles. The van der Waals surface area contributed by atoms with E-state index in [1.54, 1.807) is 6.92 Å². The number of hydrogen-bond donors (Lipinski definition) is 10. The topological polar surface area (TPSA) is 332 Å². The largest absolute Gasteiger partial charge is 0.477 e. The first kappa shape index (κ1) is 41.1. The van der Waals surface area contributed by atoms with Gasteiger partial charge in [0, 0.05) is 37.3 Å². The lowest BCUT2D eigenvalue weighted by Crippen LogP contribution is -2.68. The normalized spacial score (nSPS) is 40.9. The molecule has 0 saturated carbocycles. The van der Waals surface area contributed by atoms with Gasteiger partial charge in [0.2, 0.25) is 5.91 Å². The number of aliphatic hydroxyl groups is 8. The third-order valence-electron chi connectivity index (χ3n) is 8.76. The predicted molar refractivity (Wildman–Crippen MR) is 159 cm³/mol. The quantitative estimate of drug-likeness (QED) is 0.0317. The molecule has 16 atom stereocenters. The van der Waals surface area contributed by atoms with E-state index in [0.29, 0.717) is 6.42 Å². The Kier molecular flexibility index (Phi) is 15.3. The Morgan fingerprint density at radius 2 is 1.73 bits per heavy atom. The average Bonchev–Trinajstić information content (AvgIpc) is 3.06. The summed E-state index contributed by atoms with van der Waals surface area (Å²) >= 11 is 0. The molecule has 21 heteroatoms. The monoisotopic (exact) mass is 712 g/mol. The predicted octanol–water partition coefficient (Wildman–Crippen LogP) is -3.81. The van der Waals surface area contributed by atoms with Crippen LogP contribution in [0.4, 0.5) is 0 Å². The van der Waals surface area contributed by atoms with Crippen molar-refractivity contribution in [3.63, 3.8) is 0 Å². The first-order chi connectivity index (χ1) is 23.1. The van der Waals surface area contributed by atoms with Crippen LogP contribution in [0.3, 0.4) is 0 Å². The molecule has 0 spiro atoms. The maximum Gasteiger partial charge on any atom is 0.364 e. The fourth-order valence-electron chi connectivity index (χ4n) is 5.93. The number of carboxylic acids is 1. The van der Waals surface area contributed by atoms with Gasteiger partial charge in [-0.25, -0.2) is 4.79 Å². The zero-order valence-corrected chi connectivity index (χ0v) is 27.2. The number of azide groups is 1. The highest BCUT2D eigenvalue weighted by Crippen LogP contribution is 2.36. The van der Waals surface area contributed by atoms with E-state index in [1.165, 1.54) is 6.92 Å². The van der Waals surface area contributed by atoms with E-state index in [2.05, 4.69) is 15.3 Å². The van der Waals surface area contributed by atoms with Crippen LogP contribution in [0.5, 0.6) is 0 Å². The molecule has 3 saturated heterocycles. The Hall–Kier alpha value is -2.31. The summed E-state index contributed by atoms with van der Waals surface area (Å²) in [5.41, 5.74) is 8.43. The number of amides is 1. The zero-order chi connectivity index (χ0) is 36.6. The van der Waals surface area contributed by atoms with E-state index in [0.717, 1.165) is 6.92 Å². The summed E-state index contributed by atoms with van der Waals surface area (Å²) in [6.07, 6.45) is -21.2. The van der Waals surface area contributed by atoms with Crippen LogP contribution >= 0.6 is 0 Å². The number of carbonyl (C=O) groups is 2. The average molecular weight is 713 g/mol. The number of carbonyl (C=O) groups excluding carboxylic acids is 1. The lowest BCUT2D eigenvalue weighted by Gasteiger charge is -2.48. The summed E-state index contributed by atoms with van der Waals surface area (Å²) in [4.78, 5) is 27.0. The van der Waals surface area contributed by atoms with Gasteiger partial charge < -0.3 is 79.7 Å². The number of nitrogens with one attached hydrogen (secondary N) is 1. The minimum absolute atomic E-state index is 0.00166. The van der Waals surface area contributed by atoms with Gasteiger partial charge in [-0.15, -0.1) is 0 Å². The highest BCUT2D eigenvalue weighted by molar-refractivity contribution is 5.76. The first-order valence-corrected chi connectivity index (χ1v) is 15.9. The lowest BCUT2D eigenvalue weighted by molar-refractivity contribution is -0.362. The molecular weight excluding hydrogens is 664 g/mol. The number of ether oxygens (including phenoxy) is 6. The third-order valence-corrected chi connectivity index (χ3v) is 8.76. The summed E-state index contributed by atoms with van der Waals surface area (Å²) in [5.74, 6) is -5.93. The van der Waals surface area contributed by atoms with Crippen LogP contribution in [0.1, 0.15) is 40.0 Å². The summed E-state index contributed by atoms with van der Waals surface area (Å²) in [6.45, 7) is 2.90. The van der Waals surface area contributed by atoms with Crippen molar-refractivity contribution < 1.29 is 84.0 Å². The Morgan fingerprint density at radius 1 is 1.06 bits per heavy atom. The molecule has 3 fully saturated rings. The van der Waals surface area contributed by atoms with Gasteiger partial charge in [0.1, 0.15) is 48.8 Å². The van der Waals surface area contributed by atoms with Crippen LogP contribution in [0.25, 0.3) is 10.4 Å². The minimum atomic E-state index is -2.73. The molecular formula is C28H48N4O17. The Bertz CT molecular complexity index is 1130. The fraction of sp³-hybridized carbons (Fsp3) is 0.929. The lowest BCUT2D eigenvalue weighted by atomic mass is 9.88. The molecule has 282 valence electrons. The van der Waals surface area contributed by atoms with Crippen molar-refractivity contribution in [1.82, 2.24) is 5.32 Å². The highest BCUT2D eigenvalue weighted by atomic mass is 16.8. The number of rotatable bonds is 16. The van der Waals surface area contributed by atoms with E-state index >= 15 is 0 Å². The number of aliphatic hydroxyl groups excluding tert-OH is 8. The molecule has 3 aliphatic heterocycles. The fourth-order valence-corrected chi connectivity index (χ4v) is 5.93. The number of carboxylic acid groups (broad SMARTS) is 1. The van der Waals surface area contributed by atoms with Gasteiger partial charge in [0.25, 0.3) is 5.79 Å². The molecule has 49 heavy (non-hydrogen) atoms. The number of aliphatic carboxylic acids is 1. The zero-order valence-electron chi connectivity index (χ0n) is 27.2.